The number of nitrogens with zero attached hydrogens (tertiary/aromatic N) is 5. The van der Waals surface area contributed by atoms with Crippen LogP contribution in [0.2, 0.25) is 0 Å². The molecular weight excluding hydrogens is 402 g/mol. The number of fused-ring (bicyclic) bond motifs is 3. The highest BCUT2D eigenvalue weighted by Gasteiger charge is 2.21. The van der Waals surface area contributed by atoms with E-state index in [1.807, 2.05) is 41.8 Å². The number of carbonyl (C=O) groups is 1. The molecule has 3 aromatic heterocycles. The maximum atomic E-state index is 13.2. The molecule has 0 saturated carbocycles. The first kappa shape index (κ1) is 20.6. The first-order valence-electron chi connectivity index (χ1n) is 9.78. The lowest BCUT2D eigenvalue weighted by Gasteiger charge is -2.08. The molecule has 0 atom stereocenters. The molecule has 0 saturated heterocycles. The summed E-state index contributed by atoms with van der Waals surface area (Å²) in [6.07, 6.45) is 1.78. The van der Waals surface area contributed by atoms with Gasteiger partial charge in [0.15, 0.2) is 11.2 Å². The molecule has 0 spiro atoms. The van der Waals surface area contributed by atoms with Crippen molar-refractivity contribution in [3.05, 3.63) is 68.6 Å². The van der Waals surface area contributed by atoms with E-state index in [2.05, 4.69) is 4.98 Å². The van der Waals surface area contributed by atoms with Gasteiger partial charge in [0.2, 0.25) is 5.78 Å². The topological polar surface area (TPSA) is 102 Å². The minimum atomic E-state index is -0.669. The molecule has 0 N–H and O–H groups in total. The number of benzene rings is 1. The van der Waals surface area contributed by atoms with Gasteiger partial charge in [-0.3, -0.25) is 18.6 Å². The normalized spacial score (nSPS) is 11.5. The van der Waals surface area contributed by atoms with E-state index < -0.39 is 23.8 Å². The van der Waals surface area contributed by atoms with Crippen LogP contribution in [0.3, 0.4) is 0 Å². The van der Waals surface area contributed by atoms with E-state index in [-0.39, 0.29) is 17.8 Å². The van der Waals surface area contributed by atoms with Crippen LogP contribution in [0.1, 0.15) is 11.3 Å². The number of methoxy groups -OCH3 is 1. The zero-order valence-electron chi connectivity index (χ0n) is 17.6. The number of imidazole rings is 2. The Bertz CT molecular complexity index is 1380. The van der Waals surface area contributed by atoms with Crippen molar-refractivity contribution < 1.29 is 14.3 Å². The Morgan fingerprint density at radius 3 is 2.58 bits per heavy atom. The third-order valence-electron chi connectivity index (χ3n) is 5.19. The molecule has 0 bridgehead atoms. The lowest BCUT2D eigenvalue weighted by Crippen LogP contribution is -2.41. The van der Waals surface area contributed by atoms with E-state index >= 15 is 0 Å². The maximum Gasteiger partial charge on any atom is 0.333 e. The molecule has 4 aromatic rings. The number of carbonyl (C=O) groups excluding carboxylic acids is 1. The number of hydrogen-bond donors (Lipinski definition) is 0. The van der Waals surface area contributed by atoms with Gasteiger partial charge in [0.25, 0.3) is 5.56 Å². The summed E-state index contributed by atoms with van der Waals surface area (Å²) in [4.78, 5) is 42.8. The Balaban J connectivity index is 1.72. The quantitative estimate of drug-likeness (QED) is 0.407. The summed E-state index contributed by atoms with van der Waals surface area (Å²) < 4.78 is 16.1. The highest BCUT2D eigenvalue weighted by atomic mass is 16.5. The number of hydrogen-bond acceptors (Lipinski definition) is 6. The van der Waals surface area contributed by atoms with Crippen molar-refractivity contribution in [1.82, 2.24) is 23.1 Å². The van der Waals surface area contributed by atoms with Crippen LogP contribution in [0.15, 0.2) is 46.1 Å². The number of esters is 1. The third kappa shape index (κ3) is 3.66. The maximum absolute atomic E-state index is 13.2. The van der Waals surface area contributed by atoms with Crippen molar-refractivity contribution >= 4 is 22.9 Å². The van der Waals surface area contributed by atoms with Crippen LogP contribution in [-0.2, 0) is 41.0 Å². The number of aromatic nitrogens is 5. The minimum absolute atomic E-state index is 0.0649. The summed E-state index contributed by atoms with van der Waals surface area (Å²) in [5, 5.41) is 0. The second kappa shape index (κ2) is 8.23. The molecule has 0 radical (unpaired) electrons. The van der Waals surface area contributed by atoms with Crippen molar-refractivity contribution in [2.24, 2.45) is 7.05 Å². The first-order valence-corrected chi connectivity index (χ1v) is 9.78. The van der Waals surface area contributed by atoms with Crippen LogP contribution >= 0.6 is 0 Å². The van der Waals surface area contributed by atoms with Gasteiger partial charge in [-0.05, 0) is 12.5 Å². The van der Waals surface area contributed by atoms with Crippen molar-refractivity contribution in [3.63, 3.8) is 0 Å². The van der Waals surface area contributed by atoms with Gasteiger partial charge in [0.05, 0.1) is 6.61 Å². The van der Waals surface area contributed by atoms with Crippen LogP contribution in [-0.4, -0.2) is 42.8 Å². The van der Waals surface area contributed by atoms with E-state index in [9.17, 15) is 14.4 Å². The Kier molecular flexibility index (Phi) is 5.47. The largest absolute Gasteiger partial charge is 0.459 e. The zero-order chi connectivity index (χ0) is 22.1. The fourth-order valence-electron chi connectivity index (χ4n) is 3.57. The molecule has 1 aromatic carbocycles. The van der Waals surface area contributed by atoms with Crippen LogP contribution < -0.4 is 11.2 Å². The Morgan fingerprint density at radius 2 is 1.87 bits per heavy atom. The first-order chi connectivity index (χ1) is 14.9. The van der Waals surface area contributed by atoms with E-state index in [1.54, 1.807) is 17.7 Å². The Labute approximate surface area is 176 Å². The summed E-state index contributed by atoms with van der Waals surface area (Å²) in [6, 6.07) is 9.18. The minimum Gasteiger partial charge on any atom is -0.459 e. The van der Waals surface area contributed by atoms with Gasteiger partial charge in [-0.1, -0.05) is 30.3 Å². The van der Waals surface area contributed by atoms with Crippen LogP contribution in [0.25, 0.3) is 16.9 Å². The second-order valence-corrected chi connectivity index (χ2v) is 7.25. The van der Waals surface area contributed by atoms with E-state index in [0.29, 0.717) is 18.9 Å². The highest BCUT2D eigenvalue weighted by molar-refractivity contribution is 5.76. The van der Waals surface area contributed by atoms with Gasteiger partial charge in [-0.25, -0.2) is 9.36 Å². The fourth-order valence-corrected chi connectivity index (χ4v) is 3.57. The van der Waals surface area contributed by atoms with Crippen molar-refractivity contribution in [3.8, 4) is 0 Å². The van der Waals surface area contributed by atoms with Gasteiger partial charge < -0.3 is 14.0 Å². The SMILES string of the molecule is COCCn1c(C)cn2c3c(=O)n(CC(=O)OCc4ccccc4)c(=O)n(C)c3nc12. The molecule has 10 heteroatoms. The summed E-state index contributed by atoms with van der Waals surface area (Å²) in [5.41, 5.74) is 0.971. The monoisotopic (exact) mass is 425 g/mol. The Morgan fingerprint density at radius 1 is 1.13 bits per heavy atom. The van der Waals surface area contributed by atoms with Crippen LogP contribution in [0.5, 0.6) is 0 Å². The summed E-state index contributed by atoms with van der Waals surface area (Å²) in [6.45, 7) is 2.51. The van der Waals surface area contributed by atoms with Crippen LogP contribution in [0, 0.1) is 6.92 Å². The van der Waals surface area contributed by atoms with Crippen molar-refractivity contribution in [1.29, 1.82) is 0 Å². The molecule has 0 aliphatic rings. The molecule has 4 rings (SSSR count). The summed E-state index contributed by atoms with van der Waals surface area (Å²) >= 11 is 0. The summed E-state index contributed by atoms with van der Waals surface area (Å²) in [5.74, 6) is -0.141. The van der Waals surface area contributed by atoms with E-state index in [4.69, 9.17) is 9.47 Å². The fraction of sp³-hybridized carbons (Fsp3) is 0.333. The van der Waals surface area contributed by atoms with Gasteiger partial charge in [0, 0.05) is 32.6 Å². The average Bonchev–Trinajstić information content (AvgIpc) is 3.28. The standard InChI is InChI=1S/C21H23N5O5/c1-14-11-25-17-18(22-20(25)24(14)9-10-30-3)23(2)21(29)26(19(17)28)12-16(27)31-13-15-7-5-4-6-8-15/h4-8,11H,9-10,12-13H2,1-3H3. The average molecular weight is 425 g/mol. The van der Waals surface area contributed by atoms with Crippen molar-refractivity contribution in [2.45, 2.75) is 26.6 Å². The van der Waals surface area contributed by atoms with Crippen molar-refractivity contribution in [2.75, 3.05) is 13.7 Å². The zero-order valence-corrected chi connectivity index (χ0v) is 17.6. The molecule has 0 amide bonds. The highest BCUT2D eigenvalue weighted by Crippen LogP contribution is 2.16. The molecule has 0 aliphatic carbocycles. The number of ether oxygens (including phenoxy) is 2. The predicted octanol–water partition coefficient (Wildman–Crippen LogP) is 0.848. The van der Waals surface area contributed by atoms with Gasteiger partial charge in [-0.2, -0.15) is 4.98 Å². The molecule has 0 unspecified atom stereocenters. The predicted molar refractivity (Wildman–Crippen MR) is 113 cm³/mol. The number of aryl methyl sites for hydroxylation is 2. The molecule has 0 fully saturated rings. The van der Waals surface area contributed by atoms with Gasteiger partial charge in [-0.15, -0.1) is 0 Å². The second-order valence-electron chi connectivity index (χ2n) is 7.25. The van der Waals surface area contributed by atoms with E-state index in [0.717, 1.165) is 15.8 Å². The van der Waals surface area contributed by atoms with Crippen LogP contribution in [0.4, 0.5) is 0 Å². The molecule has 162 valence electrons. The Hall–Kier alpha value is -3.66. The molecule has 10 nitrogen and oxygen atoms in total. The molecule has 3 heterocycles. The molecule has 31 heavy (non-hydrogen) atoms. The lowest BCUT2D eigenvalue weighted by atomic mass is 10.2. The lowest BCUT2D eigenvalue weighted by molar-refractivity contribution is -0.145. The van der Waals surface area contributed by atoms with Gasteiger partial charge in [0.1, 0.15) is 13.2 Å². The molecule has 0 aliphatic heterocycles. The third-order valence-corrected chi connectivity index (χ3v) is 5.19. The van der Waals surface area contributed by atoms with Gasteiger partial charge >= 0.3 is 11.7 Å². The number of rotatable bonds is 7. The smallest absolute Gasteiger partial charge is 0.333 e. The summed E-state index contributed by atoms with van der Waals surface area (Å²) in [7, 11) is 3.13. The molecular formula is C21H23N5O5. The van der Waals surface area contributed by atoms with E-state index in [1.165, 1.54) is 11.6 Å².